The summed E-state index contributed by atoms with van der Waals surface area (Å²) in [5.74, 6) is 2.15. The first-order valence-corrected chi connectivity index (χ1v) is 7.23. The van der Waals surface area contributed by atoms with Crippen LogP contribution in [0.1, 0.15) is 63.6 Å². The molecule has 0 aliphatic heterocycles. The van der Waals surface area contributed by atoms with Crippen molar-refractivity contribution in [1.82, 2.24) is 4.98 Å². The quantitative estimate of drug-likeness (QED) is 0.781. The molecule has 3 rings (SSSR count). The first-order chi connectivity index (χ1) is 8.58. The lowest BCUT2D eigenvalue weighted by Crippen LogP contribution is -2.09. The van der Waals surface area contributed by atoms with Gasteiger partial charge in [-0.3, -0.25) is 0 Å². The summed E-state index contributed by atoms with van der Waals surface area (Å²) >= 11 is 0. The Morgan fingerprint density at radius 2 is 2.06 bits per heavy atom. The standard InChI is InChI=1S/C16H23NO/c1-11(2)13-6-7-14(16(3)8-9-16)17-15(13)18-10-12-4-5-12/h6-7,11-12H,4-5,8-10H2,1-3H3. The lowest BCUT2D eigenvalue weighted by atomic mass is 10.0. The van der Waals surface area contributed by atoms with E-state index < -0.39 is 0 Å². The molecule has 98 valence electrons. The summed E-state index contributed by atoms with van der Waals surface area (Å²) in [6, 6.07) is 4.42. The molecule has 1 aromatic rings. The van der Waals surface area contributed by atoms with E-state index in [2.05, 4.69) is 32.9 Å². The van der Waals surface area contributed by atoms with Crippen LogP contribution in [-0.4, -0.2) is 11.6 Å². The maximum absolute atomic E-state index is 5.97. The van der Waals surface area contributed by atoms with Gasteiger partial charge < -0.3 is 4.74 Å². The molecule has 2 aliphatic rings. The van der Waals surface area contributed by atoms with E-state index in [-0.39, 0.29) is 0 Å². The third-order valence-corrected chi connectivity index (χ3v) is 4.28. The van der Waals surface area contributed by atoms with E-state index in [1.54, 1.807) is 0 Å². The predicted molar refractivity (Wildman–Crippen MR) is 73.1 cm³/mol. The molecule has 0 spiro atoms. The molecule has 1 heterocycles. The summed E-state index contributed by atoms with van der Waals surface area (Å²) in [4.78, 5) is 4.81. The number of hydrogen-bond donors (Lipinski definition) is 0. The van der Waals surface area contributed by atoms with Crippen LogP contribution < -0.4 is 4.74 Å². The fourth-order valence-corrected chi connectivity index (χ4v) is 2.27. The minimum absolute atomic E-state index is 0.327. The molecule has 0 bridgehead atoms. The highest BCUT2D eigenvalue weighted by Crippen LogP contribution is 2.47. The van der Waals surface area contributed by atoms with Crippen LogP contribution in [0.25, 0.3) is 0 Å². The van der Waals surface area contributed by atoms with Crippen LogP contribution >= 0.6 is 0 Å². The third kappa shape index (κ3) is 2.38. The van der Waals surface area contributed by atoms with E-state index in [1.807, 2.05) is 0 Å². The summed E-state index contributed by atoms with van der Waals surface area (Å²) in [6.45, 7) is 7.57. The van der Waals surface area contributed by atoms with Gasteiger partial charge in [0.25, 0.3) is 0 Å². The van der Waals surface area contributed by atoms with Crippen molar-refractivity contribution in [3.8, 4) is 5.88 Å². The molecule has 18 heavy (non-hydrogen) atoms. The molecule has 2 heteroatoms. The Bertz CT molecular complexity index is 444. The minimum atomic E-state index is 0.327. The number of nitrogens with zero attached hydrogens (tertiary/aromatic N) is 1. The maximum Gasteiger partial charge on any atom is 0.217 e. The lowest BCUT2D eigenvalue weighted by molar-refractivity contribution is 0.283. The van der Waals surface area contributed by atoms with Gasteiger partial charge >= 0.3 is 0 Å². The Morgan fingerprint density at radius 1 is 1.33 bits per heavy atom. The van der Waals surface area contributed by atoms with Crippen LogP contribution in [0.4, 0.5) is 0 Å². The average molecular weight is 245 g/mol. The van der Waals surface area contributed by atoms with Crippen LogP contribution in [0.15, 0.2) is 12.1 Å². The van der Waals surface area contributed by atoms with Gasteiger partial charge in [-0.2, -0.15) is 0 Å². The monoisotopic (exact) mass is 245 g/mol. The molecule has 2 nitrogen and oxygen atoms in total. The topological polar surface area (TPSA) is 22.1 Å². The Labute approximate surface area is 110 Å². The SMILES string of the molecule is CC(C)c1ccc(C2(C)CC2)nc1OCC1CC1. The molecule has 2 fully saturated rings. The summed E-state index contributed by atoms with van der Waals surface area (Å²) in [5.41, 5.74) is 2.80. The maximum atomic E-state index is 5.97. The van der Waals surface area contributed by atoms with Crippen molar-refractivity contribution in [1.29, 1.82) is 0 Å². The smallest absolute Gasteiger partial charge is 0.217 e. The molecule has 0 amide bonds. The zero-order valence-corrected chi connectivity index (χ0v) is 11.7. The van der Waals surface area contributed by atoms with Crippen molar-refractivity contribution in [3.63, 3.8) is 0 Å². The van der Waals surface area contributed by atoms with Gasteiger partial charge in [-0.1, -0.05) is 26.8 Å². The van der Waals surface area contributed by atoms with Crippen molar-refractivity contribution >= 4 is 0 Å². The van der Waals surface area contributed by atoms with Crippen molar-refractivity contribution < 1.29 is 4.74 Å². The van der Waals surface area contributed by atoms with Crippen LogP contribution in [0.5, 0.6) is 5.88 Å². The average Bonchev–Trinajstić information content (AvgIpc) is 3.23. The van der Waals surface area contributed by atoms with Crippen LogP contribution in [0, 0.1) is 5.92 Å². The van der Waals surface area contributed by atoms with E-state index in [4.69, 9.17) is 9.72 Å². The lowest BCUT2D eigenvalue weighted by Gasteiger charge is -2.16. The van der Waals surface area contributed by atoms with Gasteiger partial charge in [0.05, 0.1) is 12.3 Å². The number of hydrogen-bond acceptors (Lipinski definition) is 2. The molecule has 2 aliphatic carbocycles. The molecule has 0 radical (unpaired) electrons. The molecule has 1 aromatic heterocycles. The Hall–Kier alpha value is -1.05. The predicted octanol–water partition coefficient (Wildman–Crippen LogP) is 4.05. The van der Waals surface area contributed by atoms with Gasteiger partial charge in [0, 0.05) is 11.0 Å². The molecule has 2 saturated carbocycles. The summed E-state index contributed by atoms with van der Waals surface area (Å²) < 4.78 is 5.97. The van der Waals surface area contributed by atoms with Gasteiger partial charge in [0.15, 0.2) is 0 Å². The van der Waals surface area contributed by atoms with E-state index in [0.29, 0.717) is 11.3 Å². The van der Waals surface area contributed by atoms with Crippen molar-refractivity contribution in [2.24, 2.45) is 5.92 Å². The Morgan fingerprint density at radius 3 is 2.61 bits per heavy atom. The summed E-state index contributed by atoms with van der Waals surface area (Å²) in [5, 5.41) is 0. The van der Waals surface area contributed by atoms with E-state index in [0.717, 1.165) is 18.4 Å². The Balaban J connectivity index is 1.84. The second-order valence-corrected chi connectivity index (χ2v) is 6.56. The first-order valence-electron chi connectivity index (χ1n) is 7.23. The van der Waals surface area contributed by atoms with Crippen molar-refractivity contribution in [2.75, 3.05) is 6.61 Å². The van der Waals surface area contributed by atoms with Crippen molar-refractivity contribution in [2.45, 2.75) is 57.8 Å². The highest BCUT2D eigenvalue weighted by molar-refractivity contribution is 5.35. The molecule has 0 N–H and O–H groups in total. The number of pyridine rings is 1. The molecule has 0 aromatic carbocycles. The zero-order chi connectivity index (χ0) is 12.8. The third-order valence-electron chi connectivity index (χ3n) is 4.28. The second-order valence-electron chi connectivity index (χ2n) is 6.56. The second kappa shape index (κ2) is 4.25. The van der Waals surface area contributed by atoms with Gasteiger partial charge in [0.1, 0.15) is 0 Å². The van der Waals surface area contributed by atoms with E-state index >= 15 is 0 Å². The summed E-state index contributed by atoms with van der Waals surface area (Å²) in [6.07, 6.45) is 5.19. The molecular weight excluding hydrogens is 222 g/mol. The van der Waals surface area contributed by atoms with Crippen LogP contribution in [0.3, 0.4) is 0 Å². The molecule has 0 unspecified atom stereocenters. The number of aromatic nitrogens is 1. The fraction of sp³-hybridized carbons (Fsp3) is 0.688. The van der Waals surface area contributed by atoms with Gasteiger partial charge in [-0.05, 0) is 43.6 Å². The van der Waals surface area contributed by atoms with E-state index in [9.17, 15) is 0 Å². The highest BCUT2D eigenvalue weighted by atomic mass is 16.5. The van der Waals surface area contributed by atoms with Gasteiger partial charge in [-0.15, -0.1) is 0 Å². The van der Waals surface area contributed by atoms with Gasteiger partial charge in [0.2, 0.25) is 5.88 Å². The van der Waals surface area contributed by atoms with Crippen molar-refractivity contribution in [3.05, 3.63) is 23.4 Å². The number of ether oxygens (including phenoxy) is 1. The number of rotatable bonds is 5. The molecule has 0 saturated heterocycles. The minimum Gasteiger partial charge on any atom is -0.477 e. The van der Waals surface area contributed by atoms with E-state index in [1.165, 1.54) is 36.9 Å². The Kier molecular flexibility index (Phi) is 2.84. The molecule has 0 atom stereocenters. The normalized spacial score (nSPS) is 21.1. The highest BCUT2D eigenvalue weighted by Gasteiger charge is 2.41. The first kappa shape index (κ1) is 12.0. The molecular formula is C16H23NO. The zero-order valence-electron chi connectivity index (χ0n) is 11.7. The van der Waals surface area contributed by atoms with Crippen LogP contribution in [0.2, 0.25) is 0 Å². The van der Waals surface area contributed by atoms with Crippen LogP contribution in [-0.2, 0) is 5.41 Å². The largest absolute Gasteiger partial charge is 0.477 e. The van der Waals surface area contributed by atoms with Gasteiger partial charge in [-0.25, -0.2) is 4.98 Å². The summed E-state index contributed by atoms with van der Waals surface area (Å²) in [7, 11) is 0. The fourth-order valence-electron chi connectivity index (χ4n) is 2.27.